The average Bonchev–Trinajstić information content (AvgIpc) is 4.01. The number of benzene rings is 9. The monoisotopic (exact) mass is 949 g/mol. The number of nitrogens with one attached hydrogen (secondary N) is 1. The van der Waals surface area contributed by atoms with Gasteiger partial charge in [-0.2, -0.15) is 0 Å². The third-order valence-corrected chi connectivity index (χ3v) is 14.5. The maximum absolute atomic E-state index is 5.56. The summed E-state index contributed by atoms with van der Waals surface area (Å²) in [6.07, 6.45) is 14.1. The van der Waals surface area contributed by atoms with E-state index in [0.29, 0.717) is 11.7 Å². The Morgan fingerprint density at radius 3 is 1.76 bits per heavy atom. The van der Waals surface area contributed by atoms with Crippen LogP contribution in [0.4, 0.5) is 0 Å². The van der Waals surface area contributed by atoms with Crippen LogP contribution in [0.3, 0.4) is 0 Å². The van der Waals surface area contributed by atoms with Crippen LogP contribution in [0.25, 0.3) is 93.9 Å². The van der Waals surface area contributed by atoms with Gasteiger partial charge in [0.15, 0.2) is 5.84 Å². The van der Waals surface area contributed by atoms with Crippen molar-refractivity contribution in [3.8, 4) is 44.8 Å². The molecule has 2 aromatic heterocycles. The highest BCUT2D eigenvalue weighted by molar-refractivity contribution is 6.26. The molecule has 2 aliphatic rings. The largest absolute Gasteiger partial charge is 0.344 e. The van der Waals surface area contributed by atoms with Gasteiger partial charge in [0, 0.05) is 49.5 Å². The van der Waals surface area contributed by atoms with Crippen LogP contribution >= 0.6 is 0 Å². The van der Waals surface area contributed by atoms with E-state index in [-0.39, 0.29) is 0 Å². The number of allylic oxidation sites excluding steroid dienone is 6. The van der Waals surface area contributed by atoms with Crippen LogP contribution in [0.2, 0.25) is 0 Å². The number of aliphatic imine (C=N–C) groups is 2. The minimum atomic E-state index is -0.502. The van der Waals surface area contributed by atoms with Crippen molar-refractivity contribution in [3.05, 3.63) is 284 Å². The zero-order valence-electron chi connectivity index (χ0n) is 40.9. The fraction of sp³-hybridized carbons (Fsp3) is 0.0435. The molecule has 0 fully saturated rings. The van der Waals surface area contributed by atoms with Gasteiger partial charge in [0.2, 0.25) is 0 Å². The van der Waals surface area contributed by atoms with Gasteiger partial charge < -0.3 is 14.5 Å². The van der Waals surface area contributed by atoms with E-state index < -0.39 is 6.17 Å². The SMILES string of the molecule is C=C/C=C(\C=C)C1N=C(c2cc(-c3ccccc3)cc(-c3ccccc3)c2)N=C(c2cc(C3=CCCC=C3)c(-n3c4ccccc4c4ccc5c(c6ccccc6n5-c5ccccc5)c43)c(-c3ccccc3)c2)N1. The molecule has 1 aliphatic carbocycles. The fourth-order valence-corrected chi connectivity index (χ4v) is 11.1. The van der Waals surface area contributed by atoms with Gasteiger partial charge in [-0.1, -0.05) is 201 Å². The minimum absolute atomic E-state index is 0.502. The summed E-state index contributed by atoms with van der Waals surface area (Å²) in [5.41, 5.74) is 18.5. The molecule has 0 spiro atoms. The summed E-state index contributed by atoms with van der Waals surface area (Å²) in [5.74, 6) is 1.34. The molecule has 0 radical (unpaired) electrons. The summed E-state index contributed by atoms with van der Waals surface area (Å²) in [6, 6.07) is 76.4. The van der Waals surface area contributed by atoms with Gasteiger partial charge in [-0.05, 0) is 112 Å². The zero-order valence-corrected chi connectivity index (χ0v) is 40.9. The van der Waals surface area contributed by atoms with E-state index in [4.69, 9.17) is 9.98 Å². The van der Waals surface area contributed by atoms with E-state index in [9.17, 15) is 0 Å². The predicted octanol–water partition coefficient (Wildman–Crippen LogP) is 17.0. The maximum Gasteiger partial charge on any atom is 0.159 e. The highest BCUT2D eigenvalue weighted by atomic mass is 15.2. The summed E-state index contributed by atoms with van der Waals surface area (Å²) in [5, 5.41) is 8.62. The summed E-state index contributed by atoms with van der Waals surface area (Å²) in [7, 11) is 0. The smallest absolute Gasteiger partial charge is 0.159 e. The number of amidine groups is 2. The summed E-state index contributed by atoms with van der Waals surface area (Å²) in [4.78, 5) is 10.9. The van der Waals surface area contributed by atoms with Gasteiger partial charge in [0.05, 0.1) is 27.8 Å². The first-order valence-corrected chi connectivity index (χ1v) is 25.4. The van der Waals surface area contributed by atoms with Gasteiger partial charge in [-0.15, -0.1) is 0 Å². The van der Waals surface area contributed by atoms with Crippen molar-refractivity contribution in [2.24, 2.45) is 9.98 Å². The standard InChI is InChI=1S/C69H51N5/c1-3-24-46(4-2)67-70-68(53-42-51(47-25-10-5-11-26-47)41-52(43-53)48-27-12-6-13-28-48)72-69(71-67)54-44-59(49-29-14-7-15-30-49)65(60(45-54)50-31-16-8-17-32-50)74-61-37-22-20-35-56(61)57-39-40-63-64(66(57)74)58-36-21-23-38-62(58)73(63)55-33-18-9-19-34-55/h3-7,9-16,18-45,67H,1-2,8,17H2,(H,70,71,72)/b46-24+. The van der Waals surface area contributed by atoms with Crippen molar-refractivity contribution in [3.63, 3.8) is 0 Å². The van der Waals surface area contributed by atoms with Crippen molar-refractivity contribution in [1.82, 2.24) is 14.5 Å². The van der Waals surface area contributed by atoms with Crippen LogP contribution in [-0.4, -0.2) is 27.0 Å². The van der Waals surface area contributed by atoms with Crippen LogP contribution in [-0.2, 0) is 0 Å². The molecule has 352 valence electrons. The van der Waals surface area contributed by atoms with Crippen molar-refractivity contribution in [1.29, 1.82) is 0 Å². The number of hydrogen-bond acceptors (Lipinski definition) is 3. The lowest BCUT2D eigenvalue weighted by molar-refractivity contribution is 0.731. The lowest BCUT2D eigenvalue weighted by atomic mass is 9.90. The van der Waals surface area contributed by atoms with Crippen LogP contribution in [0, 0.1) is 0 Å². The molecule has 9 aromatic carbocycles. The predicted molar refractivity (Wildman–Crippen MR) is 313 cm³/mol. The Balaban J connectivity index is 1.11. The third-order valence-electron chi connectivity index (χ3n) is 14.5. The van der Waals surface area contributed by atoms with E-state index in [0.717, 1.165) is 96.4 Å². The molecular weight excluding hydrogens is 899 g/mol. The highest BCUT2D eigenvalue weighted by Crippen LogP contribution is 2.46. The van der Waals surface area contributed by atoms with E-state index in [1.807, 2.05) is 12.2 Å². The Labute approximate surface area is 431 Å². The molecule has 3 heterocycles. The first-order valence-electron chi connectivity index (χ1n) is 25.4. The van der Waals surface area contributed by atoms with E-state index in [1.165, 1.54) is 32.6 Å². The molecule has 1 N–H and O–H groups in total. The van der Waals surface area contributed by atoms with E-state index >= 15 is 0 Å². The first-order chi connectivity index (χ1) is 36.6. The molecule has 1 atom stereocenters. The van der Waals surface area contributed by atoms with Crippen molar-refractivity contribution >= 4 is 60.9 Å². The molecule has 0 saturated carbocycles. The molecule has 13 rings (SSSR count). The maximum atomic E-state index is 5.56. The number of fused-ring (bicyclic) bond motifs is 7. The summed E-state index contributed by atoms with van der Waals surface area (Å²) in [6.45, 7) is 8.33. The molecule has 11 aromatic rings. The Hall–Kier alpha value is -9.58. The van der Waals surface area contributed by atoms with E-state index in [1.54, 1.807) is 6.08 Å². The minimum Gasteiger partial charge on any atom is -0.344 e. The lowest BCUT2D eigenvalue weighted by Crippen LogP contribution is -2.40. The van der Waals surface area contributed by atoms with Gasteiger partial charge in [-0.3, -0.25) is 0 Å². The topological polar surface area (TPSA) is 46.6 Å². The molecule has 74 heavy (non-hydrogen) atoms. The zero-order chi connectivity index (χ0) is 49.5. The fourth-order valence-electron chi connectivity index (χ4n) is 11.1. The average molecular weight is 950 g/mol. The van der Waals surface area contributed by atoms with Gasteiger partial charge in [-0.25, -0.2) is 9.98 Å². The number of aromatic nitrogens is 2. The van der Waals surface area contributed by atoms with Crippen LogP contribution < -0.4 is 5.32 Å². The second-order valence-corrected chi connectivity index (χ2v) is 18.9. The Morgan fingerprint density at radius 2 is 1.11 bits per heavy atom. The highest BCUT2D eigenvalue weighted by Gasteiger charge is 2.28. The molecule has 5 nitrogen and oxygen atoms in total. The molecule has 0 bridgehead atoms. The van der Waals surface area contributed by atoms with Crippen molar-refractivity contribution in [2.45, 2.75) is 19.0 Å². The molecule has 0 saturated heterocycles. The number of rotatable bonds is 11. The number of hydrogen-bond donors (Lipinski definition) is 1. The van der Waals surface area contributed by atoms with Gasteiger partial charge >= 0.3 is 0 Å². The van der Waals surface area contributed by atoms with Gasteiger partial charge in [0.25, 0.3) is 0 Å². The summed E-state index contributed by atoms with van der Waals surface area (Å²) >= 11 is 0. The molecule has 1 aliphatic heterocycles. The number of para-hydroxylation sites is 3. The van der Waals surface area contributed by atoms with Crippen LogP contribution in [0.5, 0.6) is 0 Å². The van der Waals surface area contributed by atoms with Crippen LogP contribution in [0.15, 0.2) is 277 Å². The Morgan fingerprint density at radius 1 is 0.514 bits per heavy atom. The number of nitrogens with zero attached hydrogens (tertiary/aromatic N) is 4. The Kier molecular flexibility index (Phi) is 11.3. The second kappa shape index (κ2) is 18.9. The Bertz CT molecular complexity index is 4110. The van der Waals surface area contributed by atoms with Crippen molar-refractivity contribution < 1.29 is 0 Å². The first kappa shape index (κ1) is 44.4. The molecule has 5 heteroatoms. The summed E-state index contributed by atoms with van der Waals surface area (Å²) < 4.78 is 4.98. The van der Waals surface area contributed by atoms with E-state index in [2.05, 4.69) is 258 Å². The quantitative estimate of drug-likeness (QED) is 0.129. The third kappa shape index (κ3) is 7.74. The molecule has 0 amide bonds. The molecular formula is C69H51N5. The second-order valence-electron chi connectivity index (χ2n) is 18.9. The van der Waals surface area contributed by atoms with Crippen molar-refractivity contribution in [2.75, 3.05) is 0 Å². The normalized spacial score (nSPS) is 14.7. The van der Waals surface area contributed by atoms with Gasteiger partial charge in [0.1, 0.15) is 12.0 Å². The molecule has 1 unspecified atom stereocenters. The van der Waals surface area contributed by atoms with Crippen LogP contribution in [0.1, 0.15) is 29.5 Å². The lowest BCUT2D eigenvalue weighted by Gasteiger charge is -2.27.